The number of benzene rings is 1. The van der Waals surface area contributed by atoms with Gasteiger partial charge in [-0.1, -0.05) is 0 Å². The zero-order valence-corrected chi connectivity index (χ0v) is 11.4. The summed E-state index contributed by atoms with van der Waals surface area (Å²) in [6.45, 7) is 0. The standard InChI is InChI=1S/C13H19NO2S/c1-15-10-4-5-11(16-2)12(17-3)9(10)8-13(14)6-7-13/h4-5H,6-8,14H2,1-3H3. The normalized spacial score (nSPS) is 16.7. The fraction of sp³-hybridized carbons (Fsp3) is 0.538. The number of rotatable bonds is 5. The minimum atomic E-state index is -0.0237. The van der Waals surface area contributed by atoms with Gasteiger partial charge in [0.1, 0.15) is 11.5 Å². The maximum absolute atomic E-state index is 6.21. The summed E-state index contributed by atoms with van der Waals surface area (Å²) in [5.41, 5.74) is 7.37. The maximum Gasteiger partial charge on any atom is 0.132 e. The lowest BCUT2D eigenvalue weighted by molar-refractivity contribution is 0.387. The molecule has 17 heavy (non-hydrogen) atoms. The van der Waals surface area contributed by atoms with Crippen LogP contribution in [0.3, 0.4) is 0 Å². The Balaban J connectivity index is 2.42. The van der Waals surface area contributed by atoms with Crippen molar-refractivity contribution in [1.29, 1.82) is 0 Å². The molecule has 1 saturated carbocycles. The highest BCUT2D eigenvalue weighted by molar-refractivity contribution is 7.98. The van der Waals surface area contributed by atoms with Crippen LogP contribution in [0, 0.1) is 0 Å². The SMILES string of the molecule is COc1ccc(OC)c(SC)c1CC1(N)CC1. The average molecular weight is 253 g/mol. The minimum absolute atomic E-state index is 0.0237. The third kappa shape index (κ3) is 2.53. The first kappa shape index (κ1) is 12.6. The average Bonchev–Trinajstić information content (AvgIpc) is 3.06. The number of methoxy groups -OCH3 is 2. The van der Waals surface area contributed by atoms with Gasteiger partial charge in [0.15, 0.2) is 0 Å². The Morgan fingerprint density at radius 1 is 1.24 bits per heavy atom. The van der Waals surface area contributed by atoms with E-state index in [1.54, 1.807) is 26.0 Å². The molecule has 0 spiro atoms. The predicted octanol–water partition coefficient (Wildman–Crippen LogP) is 2.46. The molecular weight excluding hydrogens is 234 g/mol. The molecular formula is C13H19NO2S. The van der Waals surface area contributed by atoms with Crippen LogP contribution in [0.15, 0.2) is 17.0 Å². The second-order valence-corrected chi connectivity index (χ2v) is 5.34. The van der Waals surface area contributed by atoms with Crippen molar-refractivity contribution in [2.24, 2.45) is 5.73 Å². The molecule has 1 fully saturated rings. The van der Waals surface area contributed by atoms with Crippen LogP contribution in [0.4, 0.5) is 0 Å². The van der Waals surface area contributed by atoms with E-state index in [1.165, 1.54) is 5.56 Å². The summed E-state index contributed by atoms with van der Waals surface area (Å²) in [7, 11) is 3.39. The van der Waals surface area contributed by atoms with Crippen LogP contribution >= 0.6 is 11.8 Å². The number of ether oxygens (including phenoxy) is 2. The first-order valence-corrected chi connectivity index (χ1v) is 6.93. The molecule has 0 aliphatic heterocycles. The van der Waals surface area contributed by atoms with Gasteiger partial charge in [-0.15, -0.1) is 11.8 Å². The van der Waals surface area contributed by atoms with Crippen LogP contribution in [0.1, 0.15) is 18.4 Å². The van der Waals surface area contributed by atoms with Gasteiger partial charge in [-0.05, 0) is 37.7 Å². The van der Waals surface area contributed by atoms with Crippen LogP contribution in [-0.4, -0.2) is 26.0 Å². The highest BCUT2D eigenvalue weighted by Gasteiger charge is 2.39. The molecule has 0 aromatic heterocycles. The predicted molar refractivity (Wildman–Crippen MR) is 71.2 cm³/mol. The van der Waals surface area contributed by atoms with Crippen molar-refractivity contribution in [2.75, 3.05) is 20.5 Å². The molecule has 4 heteroatoms. The van der Waals surface area contributed by atoms with E-state index in [-0.39, 0.29) is 5.54 Å². The first-order chi connectivity index (χ1) is 8.13. The summed E-state index contributed by atoms with van der Waals surface area (Å²) >= 11 is 1.68. The second kappa shape index (κ2) is 4.78. The van der Waals surface area contributed by atoms with Crippen molar-refractivity contribution >= 4 is 11.8 Å². The van der Waals surface area contributed by atoms with E-state index in [2.05, 4.69) is 6.26 Å². The summed E-state index contributed by atoms with van der Waals surface area (Å²) in [5, 5.41) is 0. The summed E-state index contributed by atoms with van der Waals surface area (Å²) in [6, 6.07) is 3.91. The maximum atomic E-state index is 6.21. The molecule has 1 aliphatic rings. The van der Waals surface area contributed by atoms with E-state index in [1.807, 2.05) is 12.1 Å². The van der Waals surface area contributed by atoms with Crippen molar-refractivity contribution in [2.45, 2.75) is 29.7 Å². The Morgan fingerprint density at radius 2 is 1.82 bits per heavy atom. The van der Waals surface area contributed by atoms with Gasteiger partial charge in [0.25, 0.3) is 0 Å². The molecule has 0 unspecified atom stereocenters. The Kier molecular flexibility index (Phi) is 3.54. The number of hydrogen-bond acceptors (Lipinski definition) is 4. The van der Waals surface area contributed by atoms with Gasteiger partial charge in [-0.25, -0.2) is 0 Å². The summed E-state index contributed by atoms with van der Waals surface area (Å²) in [5.74, 6) is 1.81. The van der Waals surface area contributed by atoms with E-state index < -0.39 is 0 Å². The van der Waals surface area contributed by atoms with Gasteiger partial charge in [0.2, 0.25) is 0 Å². The molecule has 0 bridgehead atoms. The molecule has 0 heterocycles. The van der Waals surface area contributed by atoms with Crippen LogP contribution in [0.2, 0.25) is 0 Å². The second-order valence-electron chi connectivity index (χ2n) is 4.52. The fourth-order valence-corrected chi connectivity index (χ4v) is 2.79. The first-order valence-electron chi connectivity index (χ1n) is 5.70. The Bertz CT molecular complexity index is 416. The van der Waals surface area contributed by atoms with E-state index in [0.29, 0.717) is 0 Å². The van der Waals surface area contributed by atoms with E-state index in [4.69, 9.17) is 15.2 Å². The molecule has 2 N–H and O–H groups in total. The molecule has 3 nitrogen and oxygen atoms in total. The molecule has 0 atom stereocenters. The third-order valence-electron chi connectivity index (χ3n) is 3.25. The van der Waals surface area contributed by atoms with E-state index >= 15 is 0 Å². The van der Waals surface area contributed by atoms with Gasteiger partial charge in [0.05, 0.1) is 19.1 Å². The van der Waals surface area contributed by atoms with Crippen molar-refractivity contribution in [3.05, 3.63) is 17.7 Å². The lowest BCUT2D eigenvalue weighted by Gasteiger charge is -2.18. The van der Waals surface area contributed by atoms with Gasteiger partial charge >= 0.3 is 0 Å². The number of nitrogens with two attached hydrogens (primary N) is 1. The van der Waals surface area contributed by atoms with Crippen molar-refractivity contribution in [3.63, 3.8) is 0 Å². The van der Waals surface area contributed by atoms with E-state index in [0.717, 1.165) is 35.7 Å². The van der Waals surface area contributed by atoms with Gasteiger partial charge < -0.3 is 15.2 Å². The Hall–Kier alpha value is -0.870. The molecule has 94 valence electrons. The van der Waals surface area contributed by atoms with Gasteiger partial charge in [-0.2, -0.15) is 0 Å². The molecule has 2 rings (SSSR count). The summed E-state index contributed by atoms with van der Waals surface area (Å²) in [4.78, 5) is 1.14. The highest BCUT2D eigenvalue weighted by atomic mass is 32.2. The molecule has 0 radical (unpaired) electrons. The van der Waals surface area contributed by atoms with Crippen molar-refractivity contribution in [3.8, 4) is 11.5 Å². The fourth-order valence-electron chi connectivity index (χ4n) is 2.02. The zero-order chi connectivity index (χ0) is 12.5. The lowest BCUT2D eigenvalue weighted by atomic mass is 10.0. The number of hydrogen-bond donors (Lipinski definition) is 1. The minimum Gasteiger partial charge on any atom is -0.496 e. The monoisotopic (exact) mass is 253 g/mol. The van der Waals surface area contributed by atoms with Gasteiger partial charge in [-0.3, -0.25) is 0 Å². The Labute approximate surface area is 107 Å². The molecule has 0 amide bonds. The van der Waals surface area contributed by atoms with Crippen LogP contribution < -0.4 is 15.2 Å². The highest BCUT2D eigenvalue weighted by Crippen LogP contribution is 2.43. The molecule has 1 aliphatic carbocycles. The number of thioether (sulfide) groups is 1. The van der Waals surface area contributed by atoms with Crippen LogP contribution in [0.25, 0.3) is 0 Å². The van der Waals surface area contributed by atoms with Crippen LogP contribution in [-0.2, 0) is 6.42 Å². The largest absolute Gasteiger partial charge is 0.496 e. The smallest absolute Gasteiger partial charge is 0.132 e. The molecule has 1 aromatic rings. The molecule has 1 aromatic carbocycles. The summed E-state index contributed by atoms with van der Waals surface area (Å²) < 4.78 is 10.8. The van der Waals surface area contributed by atoms with Crippen LogP contribution in [0.5, 0.6) is 11.5 Å². The lowest BCUT2D eigenvalue weighted by Crippen LogP contribution is -2.25. The summed E-state index contributed by atoms with van der Waals surface area (Å²) in [6.07, 6.45) is 5.11. The Morgan fingerprint density at radius 3 is 2.29 bits per heavy atom. The van der Waals surface area contributed by atoms with Crippen molar-refractivity contribution in [1.82, 2.24) is 0 Å². The quantitative estimate of drug-likeness (QED) is 0.819. The van der Waals surface area contributed by atoms with E-state index in [9.17, 15) is 0 Å². The topological polar surface area (TPSA) is 44.5 Å². The molecule has 0 saturated heterocycles. The third-order valence-corrected chi connectivity index (χ3v) is 4.10. The van der Waals surface area contributed by atoms with Gasteiger partial charge in [0, 0.05) is 11.1 Å². The zero-order valence-electron chi connectivity index (χ0n) is 10.6. The van der Waals surface area contributed by atoms with Crippen molar-refractivity contribution < 1.29 is 9.47 Å².